The molecule has 1 aromatic heterocycles. The number of benzene rings is 3. The van der Waals surface area contributed by atoms with E-state index in [1.54, 1.807) is 18.2 Å². The van der Waals surface area contributed by atoms with E-state index < -0.39 is 4.92 Å². The second-order valence-electron chi connectivity index (χ2n) is 7.03. The number of nitro benzene ring substituents is 1. The van der Waals surface area contributed by atoms with E-state index >= 15 is 0 Å². The Labute approximate surface area is 203 Å². The van der Waals surface area contributed by atoms with Crippen molar-refractivity contribution >= 4 is 51.4 Å². The van der Waals surface area contributed by atoms with Gasteiger partial charge in [-0.2, -0.15) is 0 Å². The Morgan fingerprint density at radius 3 is 2.47 bits per heavy atom. The molecule has 2 N–H and O–H groups in total. The third-order valence-corrected chi connectivity index (χ3v) is 6.37. The molecule has 0 saturated carbocycles. The first-order valence-electron chi connectivity index (χ1n) is 10.1. The molecule has 2 amide bonds. The monoisotopic (exact) mass is 490 g/mol. The van der Waals surface area contributed by atoms with E-state index in [0.29, 0.717) is 16.4 Å². The minimum atomic E-state index is -0.519. The van der Waals surface area contributed by atoms with Gasteiger partial charge in [-0.1, -0.05) is 36.4 Å². The number of nitrogens with zero attached hydrogens (tertiary/aromatic N) is 2. The van der Waals surface area contributed by atoms with Crippen molar-refractivity contribution in [1.29, 1.82) is 0 Å². The number of anilines is 2. The van der Waals surface area contributed by atoms with Gasteiger partial charge in [-0.15, -0.1) is 23.1 Å². The van der Waals surface area contributed by atoms with Crippen molar-refractivity contribution < 1.29 is 14.5 Å². The molecule has 0 aliphatic carbocycles. The second kappa shape index (κ2) is 10.7. The summed E-state index contributed by atoms with van der Waals surface area (Å²) in [5.41, 5.74) is 2.58. The first-order chi connectivity index (χ1) is 16.5. The molecule has 170 valence electrons. The number of thiazole rings is 1. The molecule has 0 bridgehead atoms. The summed E-state index contributed by atoms with van der Waals surface area (Å²) in [5, 5.41) is 18.8. The zero-order chi connectivity index (χ0) is 23.9. The number of nitrogens with one attached hydrogen (secondary N) is 2. The van der Waals surface area contributed by atoms with Crippen LogP contribution < -0.4 is 10.6 Å². The number of hydrogen-bond donors (Lipinski definition) is 2. The Hall–Kier alpha value is -4.02. The van der Waals surface area contributed by atoms with E-state index in [1.807, 2.05) is 41.8 Å². The Bertz CT molecular complexity index is 1320. The van der Waals surface area contributed by atoms with Gasteiger partial charge < -0.3 is 10.6 Å². The van der Waals surface area contributed by atoms with Gasteiger partial charge in [0.25, 0.3) is 11.6 Å². The molecular formula is C24H18N4O4S2. The lowest BCUT2D eigenvalue weighted by Crippen LogP contribution is -2.14. The van der Waals surface area contributed by atoms with E-state index in [-0.39, 0.29) is 23.3 Å². The van der Waals surface area contributed by atoms with Crippen molar-refractivity contribution in [1.82, 2.24) is 4.98 Å². The molecule has 0 aliphatic heterocycles. The zero-order valence-electron chi connectivity index (χ0n) is 17.6. The topological polar surface area (TPSA) is 114 Å². The fourth-order valence-electron chi connectivity index (χ4n) is 2.98. The Kier molecular flexibility index (Phi) is 7.31. The lowest BCUT2D eigenvalue weighted by Gasteiger charge is -2.07. The number of nitro groups is 1. The number of carbonyl (C=O) groups is 2. The predicted octanol–water partition coefficient (Wildman–Crippen LogP) is 5.70. The fraction of sp³-hybridized carbons (Fsp3) is 0.0417. The van der Waals surface area contributed by atoms with Crippen molar-refractivity contribution in [3.63, 3.8) is 0 Å². The first kappa shape index (κ1) is 23.1. The smallest absolute Gasteiger partial charge is 0.269 e. The largest absolute Gasteiger partial charge is 0.322 e. The van der Waals surface area contributed by atoms with E-state index in [1.165, 1.54) is 47.4 Å². The molecule has 0 spiro atoms. The molecule has 34 heavy (non-hydrogen) atoms. The number of thioether (sulfide) groups is 1. The number of carbonyl (C=O) groups excluding carboxylic acids is 2. The van der Waals surface area contributed by atoms with Gasteiger partial charge >= 0.3 is 0 Å². The van der Waals surface area contributed by atoms with E-state index in [4.69, 9.17) is 0 Å². The summed E-state index contributed by atoms with van der Waals surface area (Å²) in [6.45, 7) is 0. The van der Waals surface area contributed by atoms with Crippen LogP contribution in [0.5, 0.6) is 0 Å². The second-order valence-corrected chi connectivity index (χ2v) is 8.93. The molecule has 0 aliphatic rings. The molecule has 8 nitrogen and oxygen atoms in total. The molecule has 0 atom stereocenters. The first-order valence-corrected chi connectivity index (χ1v) is 11.9. The highest BCUT2D eigenvalue weighted by atomic mass is 32.2. The Balaban J connectivity index is 1.31. The number of non-ortho nitro benzene ring substituents is 1. The van der Waals surface area contributed by atoms with E-state index in [2.05, 4.69) is 15.6 Å². The average molecular weight is 491 g/mol. The van der Waals surface area contributed by atoms with Crippen LogP contribution in [0.1, 0.15) is 10.4 Å². The minimum absolute atomic E-state index is 0.0812. The molecule has 10 heteroatoms. The average Bonchev–Trinajstić information content (AvgIpc) is 3.32. The SMILES string of the molecule is O=C(CSc1cccc(NC(=O)c2ccc([N+](=O)[O-])cc2)c1)Nc1nc(-c2ccccc2)cs1. The number of aromatic nitrogens is 1. The maximum Gasteiger partial charge on any atom is 0.269 e. The standard InChI is InChI=1S/C24H18N4O4S2/c29-22(27-24-26-21(14-34-24)16-5-2-1-3-6-16)15-33-20-8-4-7-18(13-20)25-23(30)17-9-11-19(12-10-17)28(31)32/h1-14H,15H2,(H,25,30)(H,26,27,29). The normalized spacial score (nSPS) is 10.5. The van der Waals surface area contributed by atoms with Crippen molar-refractivity contribution in [3.05, 3.63) is 99.9 Å². The molecule has 0 radical (unpaired) electrons. The van der Waals surface area contributed by atoms with Crippen molar-refractivity contribution in [2.24, 2.45) is 0 Å². The molecule has 4 rings (SSSR count). The zero-order valence-corrected chi connectivity index (χ0v) is 19.3. The van der Waals surface area contributed by atoms with E-state index in [9.17, 15) is 19.7 Å². The summed E-state index contributed by atoms with van der Waals surface area (Å²) in [6, 6.07) is 22.2. The van der Waals surface area contributed by atoms with Crippen molar-refractivity contribution in [3.8, 4) is 11.3 Å². The van der Waals surface area contributed by atoms with Crippen molar-refractivity contribution in [2.45, 2.75) is 4.90 Å². The Morgan fingerprint density at radius 1 is 0.971 bits per heavy atom. The van der Waals surface area contributed by atoms with Gasteiger partial charge in [-0.3, -0.25) is 19.7 Å². The summed E-state index contributed by atoms with van der Waals surface area (Å²) in [7, 11) is 0. The molecular weight excluding hydrogens is 472 g/mol. The highest BCUT2D eigenvalue weighted by Gasteiger charge is 2.11. The predicted molar refractivity (Wildman–Crippen MR) is 134 cm³/mol. The van der Waals surface area contributed by atoms with Gasteiger partial charge in [-0.25, -0.2) is 4.98 Å². The van der Waals surface area contributed by atoms with Gasteiger partial charge in [0.2, 0.25) is 5.91 Å². The lowest BCUT2D eigenvalue weighted by molar-refractivity contribution is -0.384. The third kappa shape index (κ3) is 6.06. The lowest BCUT2D eigenvalue weighted by atomic mass is 10.2. The third-order valence-electron chi connectivity index (χ3n) is 4.62. The summed E-state index contributed by atoms with van der Waals surface area (Å²) in [5.74, 6) is -0.382. The van der Waals surface area contributed by atoms with Crippen LogP contribution in [0.4, 0.5) is 16.5 Å². The van der Waals surface area contributed by atoms with Crippen LogP contribution in [0.3, 0.4) is 0 Å². The van der Waals surface area contributed by atoms with Crippen LogP contribution in [-0.2, 0) is 4.79 Å². The summed E-state index contributed by atoms with van der Waals surface area (Å²) < 4.78 is 0. The Morgan fingerprint density at radius 2 is 1.74 bits per heavy atom. The highest BCUT2D eigenvalue weighted by molar-refractivity contribution is 8.00. The number of hydrogen-bond acceptors (Lipinski definition) is 7. The number of rotatable bonds is 8. The molecule has 4 aromatic rings. The van der Waals surface area contributed by atoms with Gasteiger partial charge in [-0.05, 0) is 30.3 Å². The maximum absolute atomic E-state index is 12.4. The molecule has 3 aromatic carbocycles. The van der Waals surface area contributed by atoms with Gasteiger partial charge in [0.15, 0.2) is 5.13 Å². The van der Waals surface area contributed by atoms with Crippen LogP contribution >= 0.6 is 23.1 Å². The molecule has 0 unspecified atom stereocenters. The van der Waals surface area contributed by atoms with Crippen molar-refractivity contribution in [2.75, 3.05) is 16.4 Å². The number of amides is 2. The van der Waals surface area contributed by atoms with Crippen LogP contribution in [-0.4, -0.2) is 27.5 Å². The van der Waals surface area contributed by atoms with Crippen LogP contribution in [0, 0.1) is 10.1 Å². The van der Waals surface area contributed by atoms with Crippen LogP contribution in [0.15, 0.2) is 89.1 Å². The molecule has 0 fully saturated rings. The van der Waals surface area contributed by atoms with Crippen LogP contribution in [0.2, 0.25) is 0 Å². The summed E-state index contributed by atoms with van der Waals surface area (Å²) in [6.07, 6.45) is 0. The van der Waals surface area contributed by atoms with E-state index in [0.717, 1.165) is 16.2 Å². The molecule has 0 saturated heterocycles. The van der Waals surface area contributed by atoms with Gasteiger partial charge in [0.1, 0.15) is 0 Å². The van der Waals surface area contributed by atoms with Crippen LogP contribution in [0.25, 0.3) is 11.3 Å². The van der Waals surface area contributed by atoms with Gasteiger partial charge in [0.05, 0.1) is 16.4 Å². The fourth-order valence-corrected chi connectivity index (χ4v) is 4.47. The minimum Gasteiger partial charge on any atom is -0.322 e. The maximum atomic E-state index is 12.4. The quantitative estimate of drug-likeness (QED) is 0.186. The summed E-state index contributed by atoms with van der Waals surface area (Å²) >= 11 is 2.70. The van der Waals surface area contributed by atoms with Gasteiger partial charge in [0, 0.05) is 39.2 Å². The molecule has 1 heterocycles. The highest BCUT2D eigenvalue weighted by Crippen LogP contribution is 2.26. The summed E-state index contributed by atoms with van der Waals surface area (Å²) in [4.78, 5) is 40.3.